The van der Waals surface area contributed by atoms with Gasteiger partial charge >= 0.3 is 0 Å². The van der Waals surface area contributed by atoms with Crippen LogP contribution >= 0.6 is 11.3 Å². The molecule has 0 saturated carbocycles. The van der Waals surface area contributed by atoms with Crippen LogP contribution in [0.1, 0.15) is 0 Å². The molecule has 6 heteroatoms. The molecule has 17 heavy (non-hydrogen) atoms. The molecule has 2 aromatic heterocycles. The lowest BCUT2D eigenvalue weighted by atomic mass is 10.2. The Labute approximate surface area is 102 Å². The SMILES string of the molecule is Nc1ccc(-c2ncn(-c3nccs3)n2)cc1. The van der Waals surface area contributed by atoms with Crippen molar-refractivity contribution in [2.24, 2.45) is 0 Å². The van der Waals surface area contributed by atoms with Gasteiger partial charge in [-0.1, -0.05) is 0 Å². The van der Waals surface area contributed by atoms with Crippen LogP contribution in [0.15, 0.2) is 42.2 Å². The minimum atomic E-state index is 0.667. The van der Waals surface area contributed by atoms with Crippen LogP contribution in [0.3, 0.4) is 0 Å². The molecule has 0 aliphatic carbocycles. The van der Waals surface area contributed by atoms with E-state index in [9.17, 15) is 0 Å². The Morgan fingerprint density at radius 1 is 1.12 bits per heavy atom. The molecule has 0 aliphatic heterocycles. The average Bonchev–Trinajstić information content (AvgIpc) is 3.00. The summed E-state index contributed by atoms with van der Waals surface area (Å²) < 4.78 is 1.66. The second-order valence-corrected chi connectivity index (χ2v) is 4.32. The number of hydrogen-bond donors (Lipinski definition) is 1. The first-order valence-corrected chi connectivity index (χ1v) is 5.88. The molecule has 2 N–H and O–H groups in total. The third-order valence-electron chi connectivity index (χ3n) is 2.28. The zero-order valence-electron chi connectivity index (χ0n) is 8.82. The van der Waals surface area contributed by atoms with Crippen LogP contribution in [0.25, 0.3) is 16.5 Å². The van der Waals surface area contributed by atoms with Gasteiger partial charge in [-0.25, -0.2) is 9.97 Å². The highest BCUT2D eigenvalue weighted by molar-refractivity contribution is 7.12. The van der Waals surface area contributed by atoms with E-state index < -0.39 is 0 Å². The van der Waals surface area contributed by atoms with Gasteiger partial charge in [0.05, 0.1) is 0 Å². The van der Waals surface area contributed by atoms with Gasteiger partial charge in [-0.05, 0) is 24.3 Å². The molecular weight excluding hydrogens is 234 g/mol. The summed E-state index contributed by atoms with van der Waals surface area (Å²) >= 11 is 1.52. The van der Waals surface area contributed by atoms with Crippen molar-refractivity contribution in [3.05, 3.63) is 42.2 Å². The number of nitrogen functional groups attached to an aromatic ring is 1. The lowest BCUT2D eigenvalue weighted by molar-refractivity contribution is 0.871. The van der Waals surface area contributed by atoms with Gasteiger partial charge in [0.1, 0.15) is 6.33 Å². The van der Waals surface area contributed by atoms with Crippen molar-refractivity contribution >= 4 is 17.0 Å². The van der Waals surface area contributed by atoms with E-state index in [2.05, 4.69) is 15.1 Å². The Balaban J connectivity index is 1.98. The first-order valence-electron chi connectivity index (χ1n) is 5.00. The maximum atomic E-state index is 5.63. The number of hydrogen-bond acceptors (Lipinski definition) is 5. The van der Waals surface area contributed by atoms with Crippen molar-refractivity contribution in [1.82, 2.24) is 19.7 Å². The second kappa shape index (κ2) is 3.99. The summed E-state index contributed by atoms with van der Waals surface area (Å²) in [6, 6.07) is 7.46. The monoisotopic (exact) mass is 243 g/mol. The quantitative estimate of drug-likeness (QED) is 0.699. The lowest BCUT2D eigenvalue weighted by Crippen LogP contribution is -1.93. The van der Waals surface area contributed by atoms with Crippen molar-refractivity contribution in [1.29, 1.82) is 0 Å². The van der Waals surface area contributed by atoms with Crippen LogP contribution < -0.4 is 5.73 Å². The molecule has 0 fully saturated rings. The molecule has 0 bridgehead atoms. The Bertz CT molecular complexity index is 612. The minimum absolute atomic E-state index is 0.667. The maximum Gasteiger partial charge on any atom is 0.211 e. The van der Waals surface area contributed by atoms with E-state index in [1.807, 2.05) is 29.6 Å². The third kappa shape index (κ3) is 1.90. The fraction of sp³-hybridized carbons (Fsp3) is 0. The highest BCUT2D eigenvalue weighted by Crippen LogP contribution is 2.17. The fourth-order valence-corrected chi connectivity index (χ4v) is 2.01. The highest BCUT2D eigenvalue weighted by atomic mass is 32.1. The molecule has 0 aliphatic rings. The topological polar surface area (TPSA) is 69.6 Å². The van der Waals surface area contributed by atoms with Gasteiger partial charge in [0, 0.05) is 22.8 Å². The van der Waals surface area contributed by atoms with E-state index in [1.165, 1.54) is 11.3 Å². The lowest BCUT2D eigenvalue weighted by Gasteiger charge is -1.96. The van der Waals surface area contributed by atoms with Crippen LogP contribution in [-0.2, 0) is 0 Å². The summed E-state index contributed by atoms with van der Waals surface area (Å²) in [6.07, 6.45) is 3.40. The van der Waals surface area contributed by atoms with E-state index in [1.54, 1.807) is 17.2 Å². The van der Waals surface area contributed by atoms with Gasteiger partial charge in [0.25, 0.3) is 0 Å². The van der Waals surface area contributed by atoms with Crippen molar-refractivity contribution in [2.45, 2.75) is 0 Å². The first kappa shape index (κ1) is 9.98. The second-order valence-electron chi connectivity index (χ2n) is 3.45. The van der Waals surface area contributed by atoms with Crippen LogP contribution in [0, 0.1) is 0 Å². The number of rotatable bonds is 2. The molecule has 2 heterocycles. The molecular formula is C11H9N5S. The summed E-state index contributed by atoms with van der Waals surface area (Å²) in [5.41, 5.74) is 7.30. The maximum absolute atomic E-state index is 5.63. The van der Waals surface area contributed by atoms with Gasteiger partial charge in [0.2, 0.25) is 5.13 Å². The van der Waals surface area contributed by atoms with Gasteiger partial charge in [-0.15, -0.1) is 16.4 Å². The third-order valence-corrected chi connectivity index (χ3v) is 3.04. The Morgan fingerprint density at radius 3 is 2.65 bits per heavy atom. The van der Waals surface area contributed by atoms with E-state index in [-0.39, 0.29) is 0 Å². The fourth-order valence-electron chi connectivity index (χ4n) is 1.45. The van der Waals surface area contributed by atoms with Gasteiger partial charge < -0.3 is 5.73 Å². The molecule has 0 saturated heterocycles. The van der Waals surface area contributed by atoms with Gasteiger partial charge in [0.15, 0.2) is 5.82 Å². The Morgan fingerprint density at radius 2 is 1.94 bits per heavy atom. The average molecular weight is 243 g/mol. The molecule has 0 unspecified atom stereocenters. The number of nitrogens with zero attached hydrogens (tertiary/aromatic N) is 4. The van der Waals surface area contributed by atoms with E-state index in [4.69, 9.17) is 5.73 Å². The summed E-state index contributed by atoms with van der Waals surface area (Å²) in [5, 5.41) is 7.07. The number of benzene rings is 1. The van der Waals surface area contributed by atoms with Crippen LogP contribution in [0.2, 0.25) is 0 Å². The van der Waals surface area contributed by atoms with E-state index in [0.29, 0.717) is 5.82 Å². The van der Waals surface area contributed by atoms with Crippen molar-refractivity contribution in [3.8, 4) is 16.5 Å². The van der Waals surface area contributed by atoms with Crippen molar-refractivity contribution < 1.29 is 0 Å². The van der Waals surface area contributed by atoms with Crippen LogP contribution in [-0.4, -0.2) is 19.7 Å². The summed E-state index contributed by atoms with van der Waals surface area (Å²) in [7, 11) is 0. The van der Waals surface area contributed by atoms with Gasteiger partial charge in [-0.2, -0.15) is 4.68 Å². The molecule has 84 valence electrons. The van der Waals surface area contributed by atoms with E-state index >= 15 is 0 Å². The molecule has 3 rings (SSSR count). The van der Waals surface area contributed by atoms with Gasteiger partial charge in [-0.3, -0.25) is 0 Å². The predicted octanol–water partition coefficient (Wildman–Crippen LogP) is 1.97. The largest absolute Gasteiger partial charge is 0.399 e. The van der Waals surface area contributed by atoms with Crippen LogP contribution in [0.4, 0.5) is 5.69 Å². The summed E-state index contributed by atoms with van der Waals surface area (Å²) in [6.45, 7) is 0. The molecule has 0 radical (unpaired) electrons. The first-order chi connectivity index (χ1) is 8.33. The molecule has 0 atom stereocenters. The molecule has 0 amide bonds. The zero-order valence-corrected chi connectivity index (χ0v) is 9.63. The molecule has 1 aromatic carbocycles. The number of aromatic nitrogens is 4. The molecule has 3 aromatic rings. The number of nitrogens with two attached hydrogens (primary N) is 1. The van der Waals surface area contributed by atoms with Crippen molar-refractivity contribution in [2.75, 3.05) is 5.73 Å². The molecule has 5 nitrogen and oxygen atoms in total. The minimum Gasteiger partial charge on any atom is -0.399 e. The van der Waals surface area contributed by atoms with Crippen molar-refractivity contribution in [3.63, 3.8) is 0 Å². The normalized spacial score (nSPS) is 10.6. The number of anilines is 1. The number of thiazole rings is 1. The van der Waals surface area contributed by atoms with E-state index in [0.717, 1.165) is 16.4 Å². The predicted molar refractivity (Wildman–Crippen MR) is 66.9 cm³/mol. The highest BCUT2D eigenvalue weighted by Gasteiger charge is 2.06. The molecule has 0 spiro atoms. The summed E-state index contributed by atoms with van der Waals surface area (Å²) in [4.78, 5) is 8.42. The Kier molecular flexibility index (Phi) is 2.34. The standard InChI is InChI=1S/C11H9N5S/c12-9-3-1-8(2-4-9)10-14-7-16(15-10)11-13-5-6-17-11/h1-7H,12H2. The Hall–Kier alpha value is -2.21. The van der Waals surface area contributed by atoms with Crippen LogP contribution in [0.5, 0.6) is 0 Å². The smallest absolute Gasteiger partial charge is 0.211 e. The zero-order chi connectivity index (χ0) is 11.7. The summed E-state index contributed by atoms with van der Waals surface area (Å²) in [5.74, 6) is 0.667.